The number of ether oxygens (including phenoxy) is 6. The van der Waals surface area contributed by atoms with Crippen molar-refractivity contribution in [2.24, 2.45) is 34.4 Å². The Bertz CT molecular complexity index is 839. The van der Waals surface area contributed by atoms with Gasteiger partial charge in [0.05, 0.1) is 30.9 Å². The summed E-state index contributed by atoms with van der Waals surface area (Å²) >= 11 is 0. The van der Waals surface area contributed by atoms with Crippen LogP contribution in [0.2, 0.25) is 0 Å². The Hall–Kier alpha value is -0.760. The van der Waals surface area contributed by atoms with Gasteiger partial charge in [0.25, 0.3) is 0 Å². The van der Waals surface area contributed by atoms with Crippen molar-refractivity contribution in [3.05, 3.63) is 0 Å². The van der Waals surface area contributed by atoms with E-state index in [2.05, 4.69) is 0 Å². The SMILES string of the molecule is C[C@@H](O[C@H]1OC(CN)[C@@H](O)[C@H](O)C1N)[C@H](O[C@@H]1O[C@H](CO)C(OC2O[C@@H](CN)[C@@H](O)[C@H](O)C2N)C1O)C(O)[C@H](N)CCN. The van der Waals surface area contributed by atoms with E-state index in [0.717, 1.165) is 0 Å². The number of hydrogen-bond acceptors (Lipinski definition) is 19. The van der Waals surface area contributed by atoms with E-state index in [9.17, 15) is 35.7 Å². The maximum Gasteiger partial charge on any atom is 0.187 e. The third-order valence-corrected chi connectivity index (χ3v) is 8.10. The standard InChI is InChI=1S/C24H50N6O13/c1-7(38-22-12(29)17(35)15(33)9(4-26)39-22)20(14(32)8(28)2-3-25)42-24-19(37)21(11(6-31)41-24)43-23-13(30)18(36)16(34)10(5-27)40-23/h7-24,31-37H,2-6,25-30H2,1H3/t7-,8-,9?,10+,11-,12?,13?,14?,15-,16-,17-,18-,19?,20+,21?,22+,23?,24+/m1/s1. The van der Waals surface area contributed by atoms with Crippen LogP contribution < -0.4 is 34.4 Å². The average Bonchev–Trinajstić information content (AvgIpc) is 3.29. The lowest BCUT2D eigenvalue weighted by molar-refractivity contribution is -0.296. The zero-order valence-corrected chi connectivity index (χ0v) is 24.0. The van der Waals surface area contributed by atoms with E-state index in [4.69, 9.17) is 62.8 Å². The molecule has 0 radical (unpaired) electrons. The Morgan fingerprint density at radius 1 is 0.721 bits per heavy atom. The minimum atomic E-state index is -1.60. The van der Waals surface area contributed by atoms with Gasteiger partial charge in [-0.15, -0.1) is 0 Å². The summed E-state index contributed by atoms with van der Waals surface area (Å²) < 4.78 is 34.6. The second-order valence-electron chi connectivity index (χ2n) is 11.2. The monoisotopic (exact) mass is 630 g/mol. The van der Waals surface area contributed by atoms with Gasteiger partial charge in [-0.1, -0.05) is 0 Å². The molecular formula is C24H50N6O13. The molecule has 3 fully saturated rings. The van der Waals surface area contributed by atoms with Crippen molar-refractivity contribution in [2.75, 3.05) is 26.2 Å². The predicted octanol–water partition coefficient (Wildman–Crippen LogP) is -8.26. The van der Waals surface area contributed by atoms with Crippen LogP contribution in [0.1, 0.15) is 13.3 Å². The first-order valence-electron chi connectivity index (χ1n) is 14.3. The van der Waals surface area contributed by atoms with E-state index in [1.54, 1.807) is 0 Å². The molecule has 19 N–H and O–H groups in total. The lowest BCUT2D eigenvalue weighted by Gasteiger charge is -2.43. The van der Waals surface area contributed by atoms with Crippen LogP contribution in [0.5, 0.6) is 0 Å². The van der Waals surface area contributed by atoms with E-state index < -0.39 is 117 Å². The van der Waals surface area contributed by atoms with Crippen LogP contribution in [0.3, 0.4) is 0 Å². The van der Waals surface area contributed by atoms with Gasteiger partial charge in [-0.3, -0.25) is 0 Å². The normalized spacial score (nSPS) is 45.1. The molecule has 19 heteroatoms. The summed E-state index contributed by atoms with van der Waals surface area (Å²) in [5, 5.41) is 73.2. The van der Waals surface area contributed by atoms with E-state index in [-0.39, 0.29) is 26.1 Å². The van der Waals surface area contributed by atoms with E-state index in [1.807, 2.05) is 0 Å². The second kappa shape index (κ2) is 16.2. The minimum Gasteiger partial charge on any atom is -0.394 e. The largest absolute Gasteiger partial charge is 0.394 e. The maximum absolute atomic E-state index is 11.1. The van der Waals surface area contributed by atoms with Crippen LogP contribution in [-0.2, 0) is 28.4 Å². The fraction of sp³-hybridized carbons (Fsp3) is 1.00. The maximum atomic E-state index is 11.1. The molecule has 0 spiro atoms. The van der Waals surface area contributed by atoms with Gasteiger partial charge < -0.3 is 98.6 Å². The first-order valence-corrected chi connectivity index (χ1v) is 14.3. The van der Waals surface area contributed by atoms with Gasteiger partial charge in [-0.2, -0.15) is 0 Å². The van der Waals surface area contributed by atoms with Crippen molar-refractivity contribution in [2.45, 2.75) is 124 Å². The zero-order valence-electron chi connectivity index (χ0n) is 24.0. The smallest absolute Gasteiger partial charge is 0.187 e. The Morgan fingerprint density at radius 3 is 1.74 bits per heavy atom. The molecule has 19 nitrogen and oxygen atoms in total. The number of aliphatic hydroxyl groups excluding tert-OH is 7. The molecule has 0 amide bonds. The molecule has 0 aromatic rings. The fourth-order valence-electron chi connectivity index (χ4n) is 5.35. The average molecular weight is 631 g/mol. The van der Waals surface area contributed by atoms with Crippen LogP contribution in [0.25, 0.3) is 0 Å². The second-order valence-corrected chi connectivity index (χ2v) is 11.2. The topological polar surface area (TPSA) is 353 Å². The summed E-state index contributed by atoms with van der Waals surface area (Å²) in [4.78, 5) is 0. The Morgan fingerprint density at radius 2 is 1.23 bits per heavy atom. The highest BCUT2D eigenvalue weighted by atomic mass is 16.8. The van der Waals surface area contributed by atoms with Gasteiger partial charge in [0.1, 0.15) is 61.0 Å². The van der Waals surface area contributed by atoms with Gasteiger partial charge in [0.2, 0.25) is 0 Å². The van der Waals surface area contributed by atoms with Crippen molar-refractivity contribution < 1.29 is 64.2 Å². The lowest BCUT2D eigenvalue weighted by atomic mass is 9.96. The molecule has 254 valence electrons. The minimum absolute atomic E-state index is 0.135. The summed E-state index contributed by atoms with van der Waals surface area (Å²) in [7, 11) is 0. The summed E-state index contributed by atoms with van der Waals surface area (Å²) in [5.74, 6) is 0. The van der Waals surface area contributed by atoms with Crippen molar-refractivity contribution in [3.8, 4) is 0 Å². The van der Waals surface area contributed by atoms with Gasteiger partial charge >= 0.3 is 0 Å². The van der Waals surface area contributed by atoms with Crippen LogP contribution >= 0.6 is 0 Å². The lowest BCUT2D eigenvalue weighted by Crippen LogP contribution is -2.64. The molecule has 3 heterocycles. The molecule has 3 aliphatic rings. The number of nitrogens with two attached hydrogens (primary N) is 6. The first kappa shape index (κ1) is 36.7. The van der Waals surface area contributed by atoms with Crippen molar-refractivity contribution in [3.63, 3.8) is 0 Å². The molecule has 43 heavy (non-hydrogen) atoms. The number of hydrogen-bond donors (Lipinski definition) is 13. The summed E-state index contributed by atoms with van der Waals surface area (Å²) in [6.45, 7) is 0.663. The highest BCUT2D eigenvalue weighted by molar-refractivity contribution is 4.97. The molecule has 0 bridgehead atoms. The van der Waals surface area contributed by atoms with Gasteiger partial charge in [0, 0.05) is 19.1 Å². The molecule has 3 saturated heterocycles. The Kier molecular flexibility index (Phi) is 13.8. The van der Waals surface area contributed by atoms with Crippen molar-refractivity contribution >= 4 is 0 Å². The first-order chi connectivity index (χ1) is 20.3. The number of aliphatic hydroxyl groups is 7. The molecule has 0 saturated carbocycles. The molecule has 3 rings (SSSR count). The molecule has 0 aromatic carbocycles. The van der Waals surface area contributed by atoms with Crippen LogP contribution in [0, 0.1) is 0 Å². The summed E-state index contributed by atoms with van der Waals surface area (Å²) in [6.07, 6.45) is -19.6. The Balaban J connectivity index is 1.78. The van der Waals surface area contributed by atoms with Crippen molar-refractivity contribution in [1.29, 1.82) is 0 Å². The van der Waals surface area contributed by atoms with Gasteiger partial charge in [-0.05, 0) is 19.9 Å². The highest BCUT2D eigenvalue weighted by Crippen LogP contribution is 2.32. The third-order valence-electron chi connectivity index (χ3n) is 8.10. The highest BCUT2D eigenvalue weighted by Gasteiger charge is 2.52. The van der Waals surface area contributed by atoms with Gasteiger partial charge in [0.15, 0.2) is 18.9 Å². The van der Waals surface area contributed by atoms with E-state index >= 15 is 0 Å². The predicted molar refractivity (Wildman–Crippen MR) is 145 cm³/mol. The van der Waals surface area contributed by atoms with Crippen molar-refractivity contribution in [1.82, 2.24) is 0 Å². The molecule has 0 aliphatic carbocycles. The molecule has 7 unspecified atom stereocenters. The molecule has 18 atom stereocenters. The number of rotatable bonds is 14. The molecular weight excluding hydrogens is 580 g/mol. The third kappa shape index (κ3) is 8.16. The Labute approximate surface area is 248 Å². The van der Waals surface area contributed by atoms with E-state index in [1.165, 1.54) is 6.92 Å². The zero-order chi connectivity index (χ0) is 32.2. The molecule has 3 aliphatic heterocycles. The van der Waals surface area contributed by atoms with Crippen LogP contribution in [0.15, 0.2) is 0 Å². The molecule has 0 aromatic heterocycles. The van der Waals surface area contributed by atoms with E-state index in [0.29, 0.717) is 0 Å². The summed E-state index contributed by atoms with van der Waals surface area (Å²) in [5.41, 5.74) is 35.0. The van der Waals surface area contributed by atoms with Crippen LogP contribution in [0.4, 0.5) is 0 Å². The fourth-order valence-corrected chi connectivity index (χ4v) is 5.35. The van der Waals surface area contributed by atoms with Gasteiger partial charge in [-0.25, -0.2) is 0 Å². The summed E-state index contributed by atoms with van der Waals surface area (Å²) in [6, 6.07) is -3.36. The van der Waals surface area contributed by atoms with Crippen LogP contribution in [-0.4, -0.2) is 172 Å². The quantitative estimate of drug-likeness (QED) is 0.0846.